The van der Waals surface area contributed by atoms with E-state index < -0.39 is 5.78 Å². The number of nitrogens with one attached hydrogen (secondary N) is 1. The standard InChI is InChI=1S/C14H11N5O3/c20-12(7-13(21)14-16-18-19-17-14)10-6-11(22-8-10)5-9-1-3-15-4-2-9/h1-4,6-8,20H,5H2,(H,16,17,18,19). The van der Waals surface area contributed by atoms with Crippen molar-refractivity contribution >= 4 is 11.5 Å². The summed E-state index contributed by atoms with van der Waals surface area (Å²) in [7, 11) is 0. The minimum absolute atomic E-state index is 0.118. The van der Waals surface area contributed by atoms with Crippen LogP contribution in [0.15, 0.2) is 47.3 Å². The number of hydrogen-bond donors (Lipinski definition) is 2. The van der Waals surface area contributed by atoms with E-state index in [0.29, 0.717) is 17.7 Å². The molecule has 0 aliphatic carbocycles. The number of aromatic nitrogens is 5. The van der Waals surface area contributed by atoms with Gasteiger partial charge in [-0.15, -0.1) is 10.2 Å². The van der Waals surface area contributed by atoms with Crippen LogP contribution in [0, 0.1) is 0 Å². The van der Waals surface area contributed by atoms with Crippen LogP contribution in [0.2, 0.25) is 0 Å². The number of ketones is 1. The first-order valence-electron chi connectivity index (χ1n) is 6.37. The molecule has 3 aromatic heterocycles. The fourth-order valence-electron chi connectivity index (χ4n) is 1.85. The smallest absolute Gasteiger partial charge is 0.244 e. The molecule has 0 fully saturated rings. The van der Waals surface area contributed by atoms with Gasteiger partial charge in [-0.25, -0.2) is 0 Å². The van der Waals surface area contributed by atoms with Crippen LogP contribution < -0.4 is 0 Å². The Hall–Kier alpha value is -3.29. The summed E-state index contributed by atoms with van der Waals surface area (Å²) in [6, 6.07) is 5.41. The number of hydrogen-bond acceptors (Lipinski definition) is 7. The van der Waals surface area contributed by atoms with Crippen LogP contribution >= 0.6 is 0 Å². The van der Waals surface area contributed by atoms with Crippen molar-refractivity contribution in [1.82, 2.24) is 25.6 Å². The lowest BCUT2D eigenvalue weighted by Gasteiger charge is -1.96. The molecule has 0 unspecified atom stereocenters. The number of furan rings is 1. The predicted molar refractivity (Wildman–Crippen MR) is 74.9 cm³/mol. The molecule has 3 aromatic rings. The molecule has 0 amide bonds. The molecule has 0 aliphatic rings. The maximum atomic E-state index is 11.7. The summed E-state index contributed by atoms with van der Waals surface area (Å²) in [4.78, 5) is 15.7. The van der Waals surface area contributed by atoms with Crippen LogP contribution in [0.3, 0.4) is 0 Å². The summed E-state index contributed by atoms with van der Waals surface area (Å²) in [5, 5.41) is 22.5. The third kappa shape index (κ3) is 3.06. The molecule has 110 valence electrons. The maximum absolute atomic E-state index is 11.7. The third-order valence-electron chi connectivity index (χ3n) is 2.91. The number of tetrazole rings is 1. The van der Waals surface area contributed by atoms with Gasteiger partial charge in [-0.2, -0.15) is 5.21 Å². The zero-order chi connectivity index (χ0) is 15.4. The highest BCUT2D eigenvalue weighted by Gasteiger charge is 2.12. The molecule has 0 bridgehead atoms. The van der Waals surface area contributed by atoms with E-state index in [-0.39, 0.29) is 11.6 Å². The second-order valence-electron chi connectivity index (χ2n) is 4.46. The first kappa shape index (κ1) is 13.7. The van der Waals surface area contributed by atoms with Crippen molar-refractivity contribution in [3.05, 3.63) is 65.6 Å². The van der Waals surface area contributed by atoms with E-state index in [1.54, 1.807) is 18.5 Å². The molecule has 0 radical (unpaired) electrons. The first-order valence-corrected chi connectivity index (χ1v) is 6.37. The van der Waals surface area contributed by atoms with Crippen LogP contribution in [0.4, 0.5) is 0 Å². The van der Waals surface area contributed by atoms with Crippen molar-refractivity contribution in [3.8, 4) is 0 Å². The summed E-state index contributed by atoms with van der Waals surface area (Å²) in [6.45, 7) is 0. The highest BCUT2D eigenvalue weighted by atomic mass is 16.3. The number of H-pyrrole nitrogens is 1. The van der Waals surface area contributed by atoms with Gasteiger partial charge in [0.2, 0.25) is 11.6 Å². The quantitative estimate of drug-likeness (QED) is 0.417. The second kappa shape index (κ2) is 6.00. The largest absolute Gasteiger partial charge is 0.507 e. The average Bonchev–Trinajstić information content (AvgIpc) is 3.19. The number of nitrogens with zero attached hydrogens (tertiary/aromatic N) is 4. The monoisotopic (exact) mass is 297 g/mol. The molecule has 8 nitrogen and oxygen atoms in total. The van der Waals surface area contributed by atoms with E-state index >= 15 is 0 Å². The summed E-state index contributed by atoms with van der Waals surface area (Å²) in [5.41, 5.74) is 1.43. The van der Waals surface area contributed by atoms with Gasteiger partial charge in [0.1, 0.15) is 17.8 Å². The molecule has 3 rings (SSSR count). The Kier molecular flexibility index (Phi) is 3.73. The van der Waals surface area contributed by atoms with E-state index in [2.05, 4.69) is 25.6 Å². The highest BCUT2D eigenvalue weighted by Crippen LogP contribution is 2.18. The molecule has 22 heavy (non-hydrogen) atoms. The predicted octanol–water partition coefficient (Wildman–Crippen LogP) is 1.56. The van der Waals surface area contributed by atoms with E-state index in [1.165, 1.54) is 6.26 Å². The van der Waals surface area contributed by atoms with E-state index in [0.717, 1.165) is 11.6 Å². The number of allylic oxidation sites excluding steroid dienone is 1. The second-order valence-corrected chi connectivity index (χ2v) is 4.46. The molecular weight excluding hydrogens is 286 g/mol. The van der Waals surface area contributed by atoms with Crippen molar-refractivity contribution in [2.24, 2.45) is 0 Å². The topological polar surface area (TPSA) is 118 Å². The minimum atomic E-state index is -0.553. The first-order chi connectivity index (χ1) is 10.7. The van der Waals surface area contributed by atoms with Gasteiger partial charge < -0.3 is 9.52 Å². The van der Waals surface area contributed by atoms with Gasteiger partial charge in [-0.1, -0.05) is 0 Å². The van der Waals surface area contributed by atoms with Crippen molar-refractivity contribution in [1.29, 1.82) is 0 Å². The Morgan fingerprint density at radius 1 is 1.36 bits per heavy atom. The Morgan fingerprint density at radius 2 is 2.18 bits per heavy atom. The maximum Gasteiger partial charge on any atom is 0.244 e. The van der Waals surface area contributed by atoms with Crippen molar-refractivity contribution in [2.75, 3.05) is 0 Å². The molecular formula is C14H11N5O3. The van der Waals surface area contributed by atoms with E-state index in [4.69, 9.17) is 4.42 Å². The van der Waals surface area contributed by atoms with Crippen LogP contribution in [-0.2, 0) is 6.42 Å². The van der Waals surface area contributed by atoms with Gasteiger partial charge in [-0.3, -0.25) is 9.78 Å². The lowest BCUT2D eigenvalue weighted by Crippen LogP contribution is -1.99. The summed E-state index contributed by atoms with van der Waals surface area (Å²) >= 11 is 0. The van der Waals surface area contributed by atoms with Gasteiger partial charge in [0.25, 0.3) is 0 Å². The van der Waals surface area contributed by atoms with Crippen LogP contribution in [0.5, 0.6) is 0 Å². The van der Waals surface area contributed by atoms with E-state index in [1.807, 2.05) is 12.1 Å². The molecule has 0 saturated carbocycles. The van der Waals surface area contributed by atoms with Crippen molar-refractivity contribution in [2.45, 2.75) is 6.42 Å². The van der Waals surface area contributed by atoms with Crippen LogP contribution in [0.1, 0.15) is 27.5 Å². The van der Waals surface area contributed by atoms with Gasteiger partial charge in [0.05, 0.1) is 5.56 Å². The Morgan fingerprint density at radius 3 is 2.91 bits per heavy atom. The minimum Gasteiger partial charge on any atom is -0.507 e. The fourth-order valence-corrected chi connectivity index (χ4v) is 1.85. The van der Waals surface area contributed by atoms with E-state index in [9.17, 15) is 9.90 Å². The van der Waals surface area contributed by atoms with Gasteiger partial charge in [0.15, 0.2) is 0 Å². The number of carbonyl (C=O) groups excluding carboxylic acids is 1. The number of aliphatic hydroxyl groups is 1. The average molecular weight is 297 g/mol. The zero-order valence-corrected chi connectivity index (χ0v) is 11.3. The normalized spacial score (nSPS) is 11.5. The fraction of sp³-hybridized carbons (Fsp3) is 0.0714. The lowest BCUT2D eigenvalue weighted by molar-refractivity contribution is 0.103. The molecule has 0 atom stereocenters. The molecule has 0 spiro atoms. The SMILES string of the molecule is O=C(C=C(O)c1coc(Cc2ccncc2)c1)c1nn[nH]n1. The van der Waals surface area contributed by atoms with Crippen LogP contribution in [-0.4, -0.2) is 36.5 Å². The molecule has 8 heteroatoms. The van der Waals surface area contributed by atoms with Gasteiger partial charge >= 0.3 is 0 Å². The van der Waals surface area contributed by atoms with Crippen LogP contribution in [0.25, 0.3) is 5.76 Å². The van der Waals surface area contributed by atoms with Crippen molar-refractivity contribution < 1.29 is 14.3 Å². The summed E-state index contributed by atoms with van der Waals surface area (Å²) in [5.74, 6) is -0.233. The lowest BCUT2D eigenvalue weighted by atomic mass is 10.1. The molecule has 3 heterocycles. The third-order valence-corrected chi connectivity index (χ3v) is 2.91. The molecule has 0 aromatic carbocycles. The Balaban J connectivity index is 1.74. The van der Waals surface area contributed by atoms with Crippen molar-refractivity contribution in [3.63, 3.8) is 0 Å². The highest BCUT2D eigenvalue weighted by molar-refractivity contribution is 6.05. The molecule has 2 N–H and O–H groups in total. The number of aliphatic hydroxyl groups excluding tert-OH is 1. The number of pyridine rings is 1. The summed E-state index contributed by atoms with van der Waals surface area (Å²) in [6.07, 6.45) is 6.35. The van der Waals surface area contributed by atoms with Gasteiger partial charge in [0, 0.05) is 24.9 Å². The van der Waals surface area contributed by atoms with Gasteiger partial charge in [-0.05, 0) is 29.0 Å². The number of carbonyl (C=O) groups is 1. The Labute approximate surface area is 124 Å². The molecule has 0 saturated heterocycles. The number of rotatable bonds is 5. The Bertz CT molecular complexity index is 793. The summed E-state index contributed by atoms with van der Waals surface area (Å²) < 4.78 is 5.38. The zero-order valence-electron chi connectivity index (χ0n) is 11.3. The number of aromatic amines is 1. The molecule has 0 aliphatic heterocycles.